The number of nitrogens with one attached hydrogen (secondary N) is 1. The Morgan fingerprint density at radius 2 is 2.07 bits per heavy atom. The smallest absolute Gasteiger partial charge is 0.151 e. The summed E-state index contributed by atoms with van der Waals surface area (Å²) >= 11 is 5.87. The standard InChI is InChI=1S/C9H12ClNO2S/c1-11-8-3-4-9(10)7(5-8)6-14(2,12)13/h3-5,11H,6H2,1-2H3. The Labute approximate surface area is 89.0 Å². The first kappa shape index (κ1) is 11.3. The summed E-state index contributed by atoms with van der Waals surface area (Å²) in [4.78, 5) is 0. The Kier molecular flexibility index (Phi) is 3.39. The molecule has 0 aliphatic heterocycles. The Hall–Kier alpha value is -0.740. The first-order chi connectivity index (χ1) is 6.42. The van der Waals surface area contributed by atoms with Gasteiger partial charge in [0.1, 0.15) is 0 Å². The summed E-state index contributed by atoms with van der Waals surface area (Å²) in [5.41, 5.74) is 1.48. The lowest BCUT2D eigenvalue weighted by Crippen LogP contribution is -2.02. The van der Waals surface area contributed by atoms with Crippen LogP contribution in [0.25, 0.3) is 0 Å². The summed E-state index contributed by atoms with van der Waals surface area (Å²) in [5.74, 6) is -0.0264. The van der Waals surface area contributed by atoms with Crippen molar-refractivity contribution in [2.75, 3.05) is 18.6 Å². The van der Waals surface area contributed by atoms with Crippen molar-refractivity contribution in [3.63, 3.8) is 0 Å². The van der Waals surface area contributed by atoms with Crippen LogP contribution in [0.15, 0.2) is 18.2 Å². The molecule has 0 atom stereocenters. The fraction of sp³-hybridized carbons (Fsp3) is 0.333. The van der Waals surface area contributed by atoms with E-state index in [0.717, 1.165) is 5.69 Å². The minimum atomic E-state index is -3.04. The van der Waals surface area contributed by atoms with Gasteiger partial charge in [-0.1, -0.05) is 11.6 Å². The van der Waals surface area contributed by atoms with Crippen LogP contribution in [0, 0.1) is 0 Å². The lowest BCUT2D eigenvalue weighted by Gasteiger charge is -2.06. The molecule has 1 N–H and O–H groups in total. The lowest BCUT2D eigenvalue weighted by molar-refractivity contribution is 0.601. The SMILES string of the molecule is CNc1ccc(Cl)c(CS(C)(=O)=O)c1. The van der Waals surface area contributed by atoms with E-state index in [1.807, 2.05) is 0 Å². The van der Waals surface area contributed by atoms with E-state index in [1.165, 1.54) is 6.26 Å². The van der Waals surface area contributed by atoms with Crippen molar-refractivity contribution in [3.8, 4) is 0 Å². The molecule has 1 aromatic carbocycles. The number of anilines is 1. The second-order valence-corrected chi connectivity index (χ2v) is 5.67. The minimum Gasteiger partial charge on any atom is -0.388 e. The minimum absolute atomic E-state index is 0.0264. The molecule has 14 heavy (non-hydrogen) atoms. The molecule has 0 amide bonds. The highest BCUT2D eigenvalue weighted by Gasteiger charge is 2.08. The number of hydrogen-bond acceptors (Lipinski definition) is 3. The van der Waals surface area contributed by atoms with Gasteiger partial charge in [-0.3, -0.25) is 0 Å². The number of sulfone groups is 1. The Bertz CT molecular complexity index is 428. The molecule has 1 rings (SSSR count). The summed E-state index contributed by atoms with van der Waals surface area (Å²) in [5, 5.41) is 3.41. The summed E-state index contributed by atoms with van der Waals surface area (Å²) in [6.07, 6.45) is 1.19. The van der Waals surface area contributed by atoms with E-state index in [1.54, 1.807) is 25.2 Å². The Morgan fingerprint density at radius 1 is 1.43 bits per heavy atom. The van der Waals surface area contributed by atoms with Gasteiger partial charge in [0.2, 0.25) is 0 Å². The van der Waals surface area contributed by atoms with E-state index in [2.05, 4.69) is 5.32 Å². The average molecular weight is 234 g/mol. The molecular formula is C9H12ClNO2S. The van der Waals surface area contributed by atoms with Crippen LogP contribution in [-0.2, 0) is 15.6 Å². The van der Waals surface area contributed by atoms with Gasteiger partial charge < -0.3 is 5.32 Å². The predicted octanol–water partition coefficient (Wildman–Crippen LogP) is 1.93. The third-order valence-electron chi connectivity index (χ3n) is 1.75. The van der Waals surface area contributed by atoms with E-state index in [9.17, 15) is 8.42 Å². The van der Waals surface area contributed by atoms with Crippen molar-refractivity contribution >= 4 is 27.1 Å². The molecule has 0 aliphatic carbocycles. The molecule has 3 nitrogen and oxygen atoms in total. The summed E-state index contributed by atoms with van der Waals surface area (Å²) in [6, 6.07) is 5.23. The zero-order chi connectivity index (χ0) is 10.8. The number of halogens is 1. The maximum atomic E-state index is 11.1. The van der Waals surface area contributed by atoms with Gasteiger partial charge in [-0.25, -0.2) is 8.42 Å². The third-order valence-corrected chi connectivity index (χ3v) is 2.96. The highest BCUT2D eigenvalue weighted by molar-refractivity contribution is 7.89. The monoisotopic (exact) mass is 233 g/mol. The quantitative estimate of drug-likeness (QED) is 0.868. The molecule has 0 aliphatic rings. The van der Waals surface area contributed by atoms with E-state index >= 15 is 0 Å². The van der Waals surface area contributed by atoms with Crippen molar-refractivity contribution in [2.24, 2.45) is 0 Å². The first-order valence-electron chi connectivity index (χ1n) is 4.06. The van der Waals surface area contributed by atoms with Crippen LogP contribution in [0.3, 0.4) is 0 Å². The largest absolute Gasteiger partial charge is 0.388 e. The topological polar surface area (TPSA) is 46.2 Å². The molecule has 1 aromatic rings. The van der Waals surface area contributed by atoms with Crippen molar-refractivity contribution in [3.05, 3.63) is 28.8 Å². The summed E-state index contributed by atoms with van der Waals surface area (Å²) in [6.45, 7) is 0. The van der Waals surface area contributed by atoms with Gasteiger partial charge >= 0.3 is 0 Å². The van der Waals surface area contributed by atoms with Gasteiger partial charge in [0.15, 0.2) is 9.84 Å². The summed E-state index contributed by atoms with van der Waals surface area (Å²) in [7, 11) is -1.27. The summed E-state index contributed by atoms with van der Waals surface area (Å²) < 4.78 is 22.1. The fourth-order valence-corrected chi connectivity index (χ4v) is 2.19. The zero-order valence-electron chi connectivity index (χ0n) is 8.04. The molecule has 0 saturated heterocycles. The predicted molar refractivity (Wildman–Crippen MR) is 59.5 cm³/mol. The van der Waals surface area contributed by atoms with Crippen LogP contribution in [-0.4, -0.2) is 21.7 Å². The van der Waals surface area contributed by atoms with Gasteiger partial charge in [-0.15, -0.1) is 0 Å². The third kappa shape index (κ3) is 3.20. The normalized spacial score (nSPS) is 11.4. The Morgan fingerprint density at radius 3 is 2.57 bits per heavy atom. The molecule has 0 fully saturated rings. The highest BCUT2D eigenvalue weighted by Crippen LogP contribution is 2.21. The van der Waals surface area contributed by atoms with Crippen molar-refractivity contribution < 1.29 is 8.42 Å². The van der Waals surface area contributed by atoms with E-state index in [-0.39, 0.29) is 5.75 Å². The van der Waals surface area contributed by atoms with Crippen LogP contribution in [0.1, 0.15) is 5.56 Å². The maximum Gasteiger partial charge on any atom is 0.151 e. The molecule has 0 saturated carbocycles. The molecule has 0 heterocycles. The van der Waals surface area contributed by atoms with E-state index in [4.69, 9.17) is 11.6 Å². The molecule has 78 valence electrons. The molecule has 5 heteroatoms. The highest BCUT2D eigenvalue weighted by atomic mass is 35.5. The van der Waals surface area contributed by atoms with Crippen molar-refractivity contribution in [1.29, 1.82) is 0 Å². The molecule has 0 aromatic heterocycles. The van der Waals surface area contributed by atoms with E-state index < -0.39 is 9.84 Å². The van der Waals surface area contributed by atoms with Gasteiger partial charge in [-0.2, -0.15) is 0 Å². The van der Waals surface area contributed by atoms with Crippen LogP contribution < -0.4 is 5.32 Å². The van der Waals surface area contributed by atoms with Crippen molar-refractivity contribution in [2.45, 2.75) is 5.75 Å². The van der Waals surface area contributed by atoms with Crippen LogP contribution >= 0.6 is 11.6 Å². The number of hydrogen-bond donors (Lipinski definition) is 1. The molecule has 0 bridgehead atoms. The number of rotatable bonds is 3. The van der Waals surface area contributed by atoms with Gasteiger partial charge in [-0.05, 0) is 23.8 Å². The van der Waals surface area contributed by atoms with Crippen LogP contribution in [0.4, 0.5) is 5.69 Å². The second kappa shape index (κ2) is 4.19. The van der Waals surface area contributed by atoms with Crippen LogP contribution in [0.5, 0.6) is 0 Å². The Balaban J connectivity index is 3.07. The second-order valence-electron chi connectivity index (χ2n) is 3.13. The fourth-order valence-electron chi connectivity index (χ4n) is 1.12. The van der Waals surface area contributed by atoms with Gasteiger partial charge in [0, 0.05) is 24.0 Å². The first-order valence-corrected chi connectivity index (χ1v) is 6.50. The van der Waals surface area contributed by atoms with Crippen LogP contribution in [0.2, 0.25) is 5.02 Å². The lowest BCUT2D eigenvalue weighted by atomic mass is 10.2. The average Bonchev–Trinajstić information content (AvgIpc) is 2.06. The zero-order valence-corrected chi connectivity index (χ0v) is 9.61. The molecule has 0 spiro atoms. The molecular weight excluding hydrogens is 222 g/mol. The maximum absolute atomic E-state index is 11.1. The van der Waals surface area contributed by atoms with Gasteiger partial charge in [0.25, 0.3) is 0 Å². The van der Waals surface area contributed by atoms with Gasteiger partial charge in [0.05, 0.1) is 5.75 Å². The molecule has 0 radical (unpaired) electrons. The number of benzene rings is 1. The van der Waals surface area contributed by atoms with Crippen molar-refractivity contribution in [1.82, 2.24) is 0 Å². The molecule has 0 unspecified atom stereocenters. The van der Waals surface area contributed by atoms with E-state index in [0.29, 0.717) is 10.6 Å².